The van der Waals surface area contributed by atoms with E-state index in [1.54, 1.807) is 0 Å². The number of aliphatic carboxylic acids is 1. The minimum absolute atomic E-state index is 0.270. The summed E-state index contributed by atoms with van der Waals surface area (Å²) in [5.74, 6) is -0.566. The van der Waals surface area contributed by atoms with Crippen molar-refractivity contribution >= 4 is 16.8 Å². The molecule has 0 heterocycles. The van der Waals surface area contributed by atoms with Crippen LogP contribution in [0.2, 0.25) is 0 Å². The molecule has 3 N–H and O–H groups in total. The fraction of sp³-hybridized carbons (Fsp3) is 0.857. The number of carboxylic acid groups (broad SMARTS) is 1. The van der Waals surface area contributed by atoms with Gasteiger partial charge in [-0.3, -0.25) is 9.00 Å². The van der Waals surface area contributed by atoms with Crippen LogP contribution in [0.1, 0.15) is 19.8 Å². The second kappa shape index (κ2) is 6.14. The molecule has 0 bridgehead atoms. The van der Waals surface area contributed by atoms with Gasteiger partial charge in [0.15, 0.2) is 0 Å². The van der Waals surface area contributed by atoms with Crippen molar-refractivity contribution < 1.29 is 14.1 Å². The lowest BCUT2D eigenvalue weighted by atomic mass is 10.3. The zero-order valence-corrected chi connectivity index (χ0v) is 7.97. The van der Waals surface area contributed by atoms with Gasteiger partial charge in [0, 0.05) is 16.6 Å². The molecule has 0 aromatic rings. The average molecular weight is 193 g/mol. The zero-order chi connectivity index (χ0) is 9.56. The molecule has 0 rings (SSSR count). The summed E-state index contributed by atoms with van der Waals surface area (Å²) in [6.45, 7) is 2.14. The monoisotopic (exact) mass is 193 g/mol. The predicted octanol–water partition coefficient (Wildman–Crippen LogP) is -0.0529. The molecule has 0 spiro atoms. The molecule has 0 aliphatic rings. The van der Waals surface area contributed by atoms with Crippen molar-refractivity contribution in [3.05, 3.63) is 0 Å². The zero-order valence-electron chi connectivity index (χ0n) is 7.16. The number of nitrogens with two attached hydrogens (primary N) is 1. The fourth-order valence-corrected chi connectivity index (χ4v) is 2.17. The van der Waals surface area contributed by atoms with E-state index in [2.05, 4.69) is 0 Å². The highest BCUT2D eigenvalue weighted by Crippen LogP contribution is 2.03. The first-order valence-electron chi connectivity index (χ1n) is 3.93. The maximum Gasteiger partial charge on any atom is 0.319 e. The molecule has 0 aliphatic carbocycles. The largest absolute Gasteiger partial charge is 0.480 e. The Kier molecular flexibility index (Phi) is 5.92. The van der Waals surface area contributed by atoms with Crippen molar-refractivity contribution in [3.8, 4) is 0 Å². The van der Waals surface area contributed by atoms with Gasteiger partial charge in [0.25, 0.3) is 0 Å². The smallest absolute Gasteiger partial charge is 0.319 e. The Morgan fingerprint density at radius 1 is 1.67 bits per heavy atom. The molecule has 0 saturated carbocycles. The average Bonchev–Trinajstić information content (AvgIpc) is 1.99. The van der Waals surface area contributed by atoms with E-state index in [1.807, 2.05) is 6.92 Å². The maximum absolute atomic E-state index is 11.2. The molecular weight excluding hydrogens is 178 g/mol. The third-order valence-electron chi connectivity index (χ3n) is 1.43. The van der Waals surface area contributed by atoms with Gasteiger partial charge in [0.1, 0.15) is 5.25 Å². The molecule has 0 aliphatic heterocycles. The predicted molar refractivity (Wildman–Crippen MR) is 48.4 cm³/mol. The number of hydrogen-bond donors (Lipinski definition) is 2. The lowest BCUT2D eigenvalue weighted by molar-refractivity contribution is -0.136. The van der Waals surface area contributed by atoms with Crippen LogP contribution in [-0.4, -0.2) is 32.8 Å². The summed E-state index contributed by atoms with van der Waals surface area (Å²) in [7, 11) is -1.27. The van der Waals surface area contributed by atoms with Crippen molar-refractivity contribution in [1.29, 1.82) is 0 Å². The lowest BCUT2D eigenvalue weighted by Gasteiger charge is -2.09. The van der Waals surface area contributed by atoms with Gasteiger partial charge in [-0.25, -0.2) is 0 Å². The molecular formula is C7H15NO3S. The van der Waals surface area contributed by atoms with Crippen LogP contribution in [0.3, 0.4) is 0 Å². The normalized spacial score (nSPS) is 15.5. The summed E-state index contributed by atoms with van der Waals surface area (Å²) < 4.78 is 11.2. The van der Waals surface area contributed by atoms with Gasteiger partial charge >= 0.3 is 5.97 Å². The van der Waals surface area contributed by atoms with E-state index >= 15 is 0 Å². The number of carboxylic acids is 1. The summed E-state index contributed by atoms with van der Waals surface area (Å²) in [5, 5.41) is 7.87. The standard InChI is InChI=1S/C7H15NO3S/c1-2-5-12(11)6(3-4-8)7(9)10/h6H,2-5,8H2,1H3,(H,9,10). The maximum atomic E-state index is 11.2. The van der Waals surface area contributed by atoms with Gasteiger partial charge in [-0.15, -0.1) is 0 Å². The van der Waals surface area contributed by atoms with E-state index in [1.165, 1.54) is 0 Å². The van der Waals surface area contributed by atoms with Crippen molar-refractivity contribution in [3.63, 3.8) is 0 Å². The van der Waals surface area contributed by atoms with Crippen LogP contribution in [0.5, 0.6) is 0 Å². The van der Waals surface area contributed by atoms with E-state index in [4.69, 9.17) is 10.8 Å². The van der Waals surface area contributed by atoms with Crippen molar-refractivity contribution in [1.82, 2.24) is 0 Å². The Labute approximate surface area is 74.6 Å². The topological polar surface area (TPSA) is 80.4 Å². The second-order valence-corrected chi connectivity index (χ2v) is 4.23. The van der Waals surface area contributed by atoms with Crippen LogP contribution in [0.25, 0.3) is 0 Å². The summed E-state index contributed by atoms with van der Waals surface area (Å²) in [5.41, 5.74) is 5.20. The lowest BCUT2D eigenvalue weighted by Crippen LogP contribution is -2.29. The second-order valence-electron chi connectivity index (χ2n) is 2.49. The fourth-order valence-electron chi connectivity index (χ4n) is 0.862. The summed E-state index contributed by atoms with van der Waals surface area (Å²) in [6, 6.07) is 0. The molecule has 72 valence electrons. The minimum atomic E-state index is -1.27. The third kappa shape index (κ3) is 3.82. The van der Waals surface area contributed by atoms with Crippen LogP contribution in [0, 0.1) is 0 Å². The Hall–Kier alpha value is -0.420. The minimum Gasteiger partial charge on any atom is -0.480 e. The van der Waals surface area contributed by atoms with E-state index < -0.39 is 22.0 Å². The number of carbonyl (C=O) groups is 1. The van der Waals surface area contributed by atoms with Gasteiger partial charge in [-0.2, -0.15) is 0 Å². The quantitative estimate of drug-likeness (QED) is 0.619. The molecule has 4 nitrogen and oxygen atoms in total. The molecule has 2 unspecified atom stereocenters. The van der Waals surface area contributed by atoms with E-state index in [-0.39, 0.29) is 6.54 Å². The van der Waals surface area contributed by atoms with Crippen LogP contribution >= 0.6 is 0 Å². The highest BCUT2D eigenvalue weighted by Gasteiger charge is 2.22. The van der Waals surface area contributed by atoms with Gasteiger partial charge in [-0.05, 0) is 19.4 Å². The first-order valence-corrected chi connectivity index (χ1v) is 5.31. The Bertz CT molecular complexity index is 172. The summed E-state index contributed by atoms with van der Waals surface area (Å²) in [6.07, 6.45) is 1.03. The van der Waals surface area contributed by atoms with Crippen LogP contribution in [0.15, 0.2) is 0 Å². The molecule has 2 atom stereocenters. The summed E-state index contributed by atoms with van der Waals surface area (Å²) >= 11 is 0. The highest BCUT2D eigenvalue weighted by atomic mass is 32.2. The van der Waals surface area contributed by atoms with Gasteiger partial charge < -0.3 is 10.8 Å². The highest BCUT2D eigenvalue weighted by molar-refractivity contribution is 7.86. The number of rotatable bonds is 6. The van der Waals surface area contributed by atoms with Crippen LogP contribution in [-0.2, 0) is 15.6 Å². The van der Waals surface area contributed by atoms with Crippen molar-refractivity contribution in [2.24, 2.45) is 5.73 Å². The van der Waals surface area contributed by atoms with Gasteiger partial charge in [0.05, 0.1) is 0 Å². The summed E-state index contributed by atoms with van der Waals surface area (Å²) in [4.78, 5) is 10.6. The van der Waals surface area contributed by atoms with E-state index in [0.29, 0.717) is 12.2 Å². The molecule has 0 radical (unpaired) electrons. The van der Waals surface area contributed by atoms with E-state index in [9.17, 15) is 9.00 Å². The van der Waals surface area contributed by atoms with Gasteiger partial charge in [-0.1, -0.05) is 6.92 Å². The molecule has 5 heteroatoms. The van der Waals surface area contributed by atoms with Crippen molar-refractivity contribution in [2.75, 3.05) is 12.3 Å². The van der Waals surface area contributed by atoms with Gasteiger partial charge in [0.2, 0.25) is 0 Å². The SMILES string of the molecule is CCCS(=O)C(CCN)C(=O)O. The molecule has 0 amide bonds. The Morgan fingerprint density at radius 3 is 2.58 bits per heavy atom. The first kappa shape index (κ1) is 11.6. The molecule has 0 aromatic carbocycles. The molecule has 0 saturated heterocycles. The molecule has 0 fully saturated rings. The molecule has 12 heavy (non-hydrogen) atoms. The van der Waals surface area contributed by atoms with Crippen molar-refractivity contribution in [2.45, 2.75) is 25.0 Å². The Morgan fingerprint density at radius 2 is 2.25 bits per heavy atom. The van der Waals surface area contributed by atoms with Crippen LogP contribution in [0.4, 0.5) is 0 Å². The Balaban J connectivity index is 4.09. The third-order valence-corrected chi connectivity index (χ3v) is 3.31. The van der Waals surface area contributed by atoms with E-state index in [0.717, 1.165) is 6.42 Å². The number of hydrogen-bond acceptors (Lipinski definition) is 3. The molecule has 0 aromatic heterocycles. The van der Waals surface area contributed by atoms with Crippen LogP contribution < -0.4 is 5.73 Å². The first-order chi connectivity index (χ1) is 5.63.